The van der Waals surface area contributed by atoms with Crippen molar-refractivity contribution in [3.8, 4) is 0 Å². The average Bonchev–Trinajstić information content (AvgIpc) is 2.05. The number of rotatable bonds is 2. The van der Waals surface area contributed by atoms with Crippen LogP contribution in [0, 0.1) is 0 Å². The summed E-state index contributed by atoms with van der Waals surface area (Å²) in [5.41, 5.74) is 6.51. The van der Waals surface area contributed by atoms with Crippen LogP contribution in [0.1, 0.15) is 11.8 Å². The molecule has 1 aromatic carbocycles. The summed E-state index contributed by atoms with van der Waals surface area (Å²) < 4.78 is 4.91. The van der Waals surface area contributed by atoms with E-state index in [0.717, 1.165) is 5.56 Å². The fourth-order valence-electron chi connectivity index (χ4n) is 0.789. The second-order valence-electron chi connectivity index (χ2n) is 2.21. The Morgan fingerprint density at radius 1 is 1.36 bits per heavy atom. The summed E-state index contributed by atoms with van der Waals surface area (Å²) in [5, 5.41) is 0.706. The zero-order chi connectivity index (χ0) is 8.27. The Hall–Kier alpha value is -0.570. The first kappa shape index (κ1) is 8.53. The molecule has 0 radical (unpaired) electrons. The highest BCUT2D eigenvalue weighted by Gasteiger charge is 2.01. The largest absolute Gasteiger partial charge is 0.363 e. The second kappa shape index (κ2) is 3.72. The van der Waals surface area contributed by atoms with Crippen molar-refractivity contribution in [2.45, 2.75) is 6.23 Å². The maximum Gasteiger partial charge on any atom is 0.131 e. The van der Waals surface area contributed by atoms with Crippen molar-refractivity contribution in [1.82, 2.24) is 0 Å². The lowest BCUT2D eigenvalue weighted by molar-refractivity contribution is 0.109. The molecule has 0 aliphatic carbocycles. The van der Waals surface area contributed by atoms with Crippen molar-refractivity contribution in [1.29, 1.82) is 0 Å². The van der Waals surface area contributed by atoms with E-state index in [1.165, 1.54) is 0 Å². The fourth-order valence-corrected chi connectivity index (χ4v) is 0.915. The van der Waals surface area contributed by atoms with E-state index in [1.54, 1.807) is 19.2 Å². The predicted octanol–water partition coefficient (Wildman–Crippen LogP) is 1.94. The van der Waals surface area contributed by atoms with E-state index >= 15 is 0 Å². The van der Waals surface area contributed by atoms with Crippen LogP contribution in [0.3, 0.4) is 0 Å². The number of benzene rings is 1. The molecular weight excluding hydrogens is 162 g/mol. The Morgan fingerprint density at radius 3 is 2.36 bits per heavy atom. The van der Waals surface area contributed by atoms with Crippen molar-refractivity contribution in [3.63, 3.8) is 0 Å². The lowest BCUT2D eigenvalue weighted by Gasteiger charge is -2.08. The summed E-state index contributed by atoms with van der Waals surface area (Å²) in [6, 6.07) is 7.26. The van der Waals surface area contributed by atoms with E-state index in [0.29, 0.717) is 5.02 Å². The van der Waals surface area contributed by atoms with Gasteiger partial charge in [0, 0.05) is 12.1 Å². The molecule has 2 nitrogen and oxygen atoms in total. The number of methoxy groups -OCH3 is 1. The first-order valence-electron chi connectivity index (χ1n) is 3.28. The number of hydrogen-bond donors (Lipinski definition) is 1. The minimum atomic E-state index is -0.354. The Morgan fingerprint density at radius 2 is 1.91 bits per heavy atom. The van der Waals surface area contributed by atoms with Crippen LogP contribution >= 0.6 is 11.6 Å². The maximum absolute atomic E-state index is 5.68. The van der Waals surface area contributed by atoms with Gasteiger partial charge in [-0.2, -0.15) is 0 Å². The van der Waals surface area contributed by atoms with E-state index in [2.05, 4.69) is 0 Å². The Balaban J connectivity index is 2.81. The van der Waals surface area contributed by atoms with Crippen LogP contribution in [0.15, 0.2) is 24.3 Å². The van der Waals surface area contributed by atoms with Crippen LogP contribution in [0.2, 0.25) is 5.02 Å². The van der Waals surface area contributed by atoms with Gasteiger partial charge in [-0.1, -0.05) is 23.7 Å². The van der Waals surface area contributed by atoms with Crippen LogP contribution in [0.4, 0.5) is 0 Å². The highest BCUT2D eigenvalue weighted by molar-refractivity contribution is 6.30. The Kier molecular flexibility index (Phi) is 2.88. The smallest absolute Gasteiger partial charge is 0.131 e. The molecule has 0 saturated carbocycles. The third kappa shape index (κ3) is 2.19. The van der Waals surface area contributed by atoms with Crippen LogP contribution in [-0.4, -0.2) is 7.11 Å². The third-order valence-corrected chi connectivity index (χ3v) is 1.70. The average molecular weight is 172 g/mol. The number of ether oxygens (including phenoxy) is 1. The maximum atomic E-state index is 5.68. The highest BCUT2D eigenvalue weighted by Crippen LogP contribution is 2.14. The molecule has 1 unspecified atom stereocenters. The Labute approximate surface area is 70.9 Å². The van der Waals surface area contributed by atoms with Crippen molar-refractivity contribution in [2.75, 3.05) is 7.11 Å². The van der Waals surface area contributed by atoms with E-state index < -0.39 is 0 Å². The van der Waals surface area contributed by atoms with E-state index in [9.17, 15) is 0 Å². The van der Waals surface area contributed by atoms with E-state index in [-0.39, 0.29) is 6.23 Å². The summed E-state index contributed by atoms with van der Waals surface area (Å²) in [6.07, 6.45) is -0.354. The molecule has 2 N–H and O–H groups in total. The van der Waals surface area contributed by atoms with Gasteiger partial charge in [0.05, 0.1) is 0 Å². The van der Waals surface area contributed by atoms with Gasteiger partial charge in [-0.05, 0) is 17.7 Å². The van der Waals surface area contributed by atoms with Gasteiger partial charge in [-0.3, -0.25) is 0 Å². The molecular formula is C8H10ClNO. The van der Waals surface area contributed by atoms with Gasteiger partial charge in [0.2, 0.25) is 0 Å². The molecule has 1 atom stereocenters. The molecule has 0 bridgehead atoms. The molecule has 11 heavy (non-hydrogen) atoms. The minimum absolute atomic E-state index is 0.354. The van der Waals surface area contributed by atoms with Crippen molar-refractivity contribution in [3.05, 3.63) is 34.9 Å². The first-order chi connectivity index (χ1) is 5.24. The lowest BCUT2D eigenvalue weighted by Crippen LogP contribution is -2.11. The molecule has 3 heteroatoms. The molecule has 0 fully saturated rings. The van der Waals surface area contributed by atoms with Crippen molar-refractivity contribution >= 4 is 11.6 Å². The molecule has 1 aromatic rings. The van der Waals surface area contributed by atoms with Gasteiger partial charge in [-0.25, -0.2) is 0 Å². The quantitative estimate of drug-likeness (QED) is 0.691. The Bertz CT molecular complexity index is 222. The summed E-state index contributed by atoms with van der Waals surface area (Å²) >= 11 is 5.68. The molecule has 0 aliphatic heterocycles. The third-order valence-electron chi connectivity index (χ3n) is 1.45. The minimum Gasteiger partial charge on any atom is -0.363 e. The highest BCUT2D eigenvalue weighted by atomic mass is 35.5. The second-order valence-corrected chi connectivity index (χ2v) is 2.64. The molecule has 0 aromatic heterocycles. The number of hydrogen-bond acceptors (Lipinski definition) is 2. The number of nitrogens with two attached hydrogens (primary N) is 1. The molecule has 60 valence electrons. The normalized spacial score (nSPS) is 13.0. The summed E-state index contributed by atoms with van der Waals surface area (Å²) in [5.74, 6) is 0. The fraction of sp³-hybridized carbons (Fsp3) is 0.250. The lowest BCUT2D eigenvalue weighted by atomic mass is 10.2. The van der Waals surface area contributed by atoms with Crippen LogP contribution in [-0.2, 0) is 4.74 Å². The summed E-state index contributed by atoms with van der Waals surface area (Å²) in [7, 11) is 1.57. The van der Waals surface area contributed by atoms with Gasteiger partial charge in [0.1, 0.15) is 6.23 Å². The molecule has 1 rings (SSSR count). The van der Waals surface area contributed by atoms with Crippen LogP contribution in [0.5, 0.6) is 0 Å². The zero-order valence-corrected chi connectivity index (χ0v) is 7.01. The van der Waals surface area contributed by atoms with Gasteiger partial charge in [-0.15, -0.1) is 0 Å². The molecule has 0 saturated heterocycles. The summed E-state index contributed by atoms with van der Waals surface area (Å²) in [6.45, 7) is 0. The standard InChI is InChI=1S/C8H10ClNO/c1-11-8(10)6-2-4-7(9)5-3-6/h2-5,8H,10H2,1H3. The van der Waals surface area contributed by atoms with Crippen molar-refractivity contribution in [2.24, 2.45) is 5.73 Å². The van der Waals surface area contributed by atoms with Gasteiger partial charge in [0.15, 0.2) is 0 Å². The molecule has 0 spiro atoms. The van der Waals surface area contributed by atoms with Crippen LogP contribution in [0.25, 0.3) is 0 Å². The van der Waals surface area contributed by atoms with Crippen molar-refractivity contribution < 1.29 is 4.74 Å². The molecule has 0 heterocycles. The molecule has 0 amide bonds. The van der Waals surface area contributed by atoms with Crippen LogP contribution < -0.4 is 5.73 Å². The summed E-state index contributed by atoms with van der Waals surface area (Å²) in [4.78, 5) is 0. The molecule has 0 aliphatic rings. The topological polar surface area (TPSA) is 35.2 Å². The number of halogens is 1. The van der Waals surface area contributed by atoms with E-state index in [4.69, 9.17) is 22.1 Å². The zero-order valence-electron chi connectivity index (χ0n) is 6.25. The first-order valence-corrected chi connectivity index (χ1v) is 3.65. The van der Waals surface area contributed by atoms with Gasteiger partial charge < -0.3 is 10.5 Å². The predicted molar refractivity (Wildman–Crippen MR) is 45.4 cm³/mol. The monoisotopic (exact) mass is 171 g/mol. The SMILES string of the molecule is COC(N)c1ccc(Cl)cc1. The van der Waals surface area contributed by atoms with Gasteiger partial charge in [0.25, 0.3) is 0 Å². The van der Waals surface area contributed by atoms with Gasteiger partial charge >= 0.3 is 0 Å². The van der Waals surface area contributed by atoms with E-state index in [1.807, 2.05) is 12.1 Å².